The lowest BCUT2D eigenvalue weighted by atomic mass is 10.0. The van der Waals surface area contributed by atoms with Crippen LogP contribution in [0.25, 0.3) is 5.69 Å². The number of hydrogen-bond donors (Lipinski definition) is 1. The first-order chi connectivity index (χ1) is 14.9. The SMILES string of the molecule is COc1ccc(C(=O)NC(C(=O)N(C)Cc2cnn(-c3ccccc3)c2)C(C)C)cc1. The van der Waals surface area contributed by atoms with Gasteiger partial charge in [0.15, 0.2) is 0 Å². The van der Waals surface area contributed by atoms with E-state index in [-0.39, 0.29) is 17.7 Å². The Kier molecular flexibility index (Phi) is 7.07. The predicted octanol–water partition coefficient (Wildman–Crippen LogP) is 3.29. The summed E-state index contributed by atoms with van der Waals surface area (Å²) in [5, 5.41) is 7.26. The van der Waals surface area contributed by atoms with Gasteiger partial charge in [-0.3, -0.25) is 9.59 Å². The molecule has 0 aliphatic rings. The number of likely N-dealkylation sites (N-methyl/N-ethyl adjacent to an activating group) is 1. The Morgan fingerprint density at radius 2 is 1.77 bits per heavy atom. The van der Waals surface area contributed by atoms with Gasteiger partial charge in [0.2, 0.25) is 5.91 Å². The number of rotatable bonds is 8. The van der Waals surface area contributed by atoms with Crippen molar-refractivity contribution < 1.29 is 14.3 Å². The van der Waals surface area contributed by atoms with Crippen molar-refractivity contribution in [2.75, 3.05) is 14.2 Å². The van der Waals surface area contributed by atoms with Crippen LogP contribution < -0.4 is 10.1 Å². The van der Waals surface area contributed by atoms with Crippen LogP contribution >= 0.6 is 0 Å². The third kappa shape index (κ3) is 5.51. The molecule has 0 radical (unpaired) electrons. The summed E-state index contributed by atoms with van der Waals surface area (Å²) in [6.45, 7) is 4.23. The van der Waals surface area contributed by atoms with E-state index >= 15 is 0 Å². The van der Waals surface area contributed by atoms with Gasteiger partial charge in [-0.15, -0.1) is 0 Å². The van der Waals surface area contributed by atoms with Gasteiger partial charge in [0.25, 0.3) is 5.91 Å². The van der Waals surface area contributed by atoms with E-state index in [4.69, 9.17) is 4.74 Å². The van der Waals surface area contributed by atoms with E-state index in [1.807, 2.05) is 50.4 Å². The molecule has 3 aromatic rings. The number of para-hydroxylation sites is 1. The second kappa shape index (κ2) is 9.93. The molecule has 0 aliphatic heterocycles. The number of aromatic nitrogens is 2. The first-order valence-corrected chi connectivity index (χ1v) is 10.2. The van der Waals surface area contributed by atoms with Gasteiger partial charge in [0.05, 0.1) is 19.0 Å². The second-order valence-corrected chi connectivity index (χ2v) is 7.75. The molecule has 1 heterocycles. The van der Waals surface area contributed by atoms with Crippen LogP contribution in [-0.4, -0.2) is 46.7 Å². The predicted molar refractivity (Wildman–Crippen MR) is 119 cm³/mol. The van der Waals surface area contributed by atoms with Crippen LogP contribution in [0.2, 0.25) is 0 Å². The van der Waals surface area contributed by atoms with Crippen molar-refractivity contribution in [2.24, 2.45) is 5.92 Å². The number of hydrogen-bond acceptors (Lipinski definition) is 4. The van der Waals surface area contributed by atoms with E-state index in [0.29, 0.717) is 17.9 Å². The zero-order chi connectivity index (χ0) is 22.4. The Labute approximate surface area is 182 Å². The summed E-state index contributed by atoms with van der Waals surface area (Å²) >= 11 is 0. The number of ether oxygens (including phenoxy) is 1. The Hall–Kier alpha value is -3.61. The molecular weight excluding hydrogens is 392 g/mol. The summed E-state index contributed by atoms with van der Waals surface area (Å²) in [6.07, 6.45) is 3.65. The monoisotopic (exact) mass is 420 g/mol. The van der Waals surface area contributed by atoms with Gasteiger partial charge >= 0.3 is 0 Å². The third-order valence-corrected chi connectivity index (χ3v) is 5.02. The van der Waals surface area contributed by atoms with Crippen molar-refractivity contribution in [3.63, 3.8) is 0 Å². The fourth-order valence-electron chi connectivity index (χ4n) is 3.23. The van der Waals surface area contributed by atoms with Gasteiger partial charge in [0, 0.05) is 30.9 Å². The molecule has 0 bridgehead atoms. The molecule has 0 fully saturated rings. The highest BCUT2D eigenvalue weighted by Gasteiger charge is 2.27. The number of benzene rings is 2. The van der Waals surface area contributed by atoms with Crippen LogP contribution in [0.1, 0.15) is 29.8 Å². The van der Waals surface area contributed by atoms with E-state index in [2.05, 4.69) is 10.4 Å². The molecule has 1 N–H and O–H groups in total. The Morgan fingerprint density at radius 3 is 2.39 bits per heavy atom. The smallest absolute Gasteiger partial charge is 0.251 e. The molecule has 7 heteroatoms. The van der Waals surface area contributed by atoms with Gasteiger partial charge in [0.1, 0.15) is 11.8 Å². The molecule has 0 spiro atoms. The normalized spacial score (nSPS) is 11.8. The van der Waals surface area contributed by atoms with Crippen molar-refractivity contribution in [1.29, 1.82) is 0 Å². The quantitative estimate of drug-likeness (QED) is 0.607. The van der Waals surface area contributed by atoms with Crippen molar-refractivity contribution in [3.8, 4) is 11.4 Å². The number of carbonyl (C=O) groups excluding carboxylic acids is 2. The maximum absolute atomic E-state index is 13.1. The maximum atomic E-state index is 13.1. The minimum atomic E-state index is -0.635. The Bertz CT molecular complexity index is 1010. The van der Waals surface area contributed by atoms with Gasteiger partial charge < -0.3 is 15.0 Å². The van der Waals surface area contributed by atoms with Crippen LogP contribution in [0.5, 0.6) is 5.75 Å². The largest absolute Gasteiger partial charge is 0.497 e. The van der Waals surface area contributed by atoms with Gasteiger partial charge in [-0.1, -0.05) is 32.0 Å². The van der Waals surface area contributed by atoms with Crippen LogP contribution in [-0.2, 0) is 11.3 Å². The minimum Gasteiger partial charge on any atom is -0.497 e. The topological polar surface area (TPSA) is 76.5 Å². The lowest BCUT2D eigenvalue weighted by Crippen LogP contribution is -2.50. The average molecular weight is 421 g/mol. The molecular formula is C24H28N4O3. The molecule has 2 amide bonds. The zero-order valence-electron chi connectivity index (χ0n) is 18.3. The standard InChI is InChI=1S/C24H28N4O3/c1-17(2)22(26-23(29)19-10-12-21(31-4)13-11-19)24(30)27(3)15-18-14-25-28(16-18)20-8-6-5-7-9-20/h5-14,16-17,22H,15H2,1-4H3,(H,26,29). The fraction of sp³-hybridized carbons (Fsp3) is 0.292. The van der Waals surface area contributed by atoms with E-state index < -0.39 is 6.04 Å². The molecule has 3 rings (SSSR count). The summed E-state index contributed by atoms with van der Waals surface area (Å²) in [5.41, 5.74) is 2.34. The van der Waals surface area contributed by atoms with E-state index in [1.54, 1.807) is 54.2 Å². The molecule has 1 aromatic heterocycles. The number of nitrogens with one attached hydrogen (secondary N) is 1. The molecule has 0 saturated heterocycles. The summed E-state index contributed by atoms with van der Waals surface area (Å²) in [6, 6.07) is 15.9. The summed E-state index contributed by atoms with van der Waals surface area (Å²) in [5.74, 6) is 0.164. The lowest BCUT2D eigenvalue weighted by molar-refractivity contribution is -0.133. The molecule has 1 unspecified atom stereocenters. The lowest BCUT2D eigenvalue weighted by Gasteiger charge is -2.27. The second-order valence-electron chi connectivity index (χ2n) is 7.75. The summed E-state index contributed by atoms with van der Waals surface area (Å²) in [4.78, 5) is 27.4. The fourth-order valence-corrected chi connectivity index (χ4v) is 3.23. The third-order valence-electron chi connectivity index (χ3n) is 5.02. The Balaban J connectivity index is 1.66. The highest BCUT2D eigenvalue weighted by molar-refractivity contribution is 5.97. The van der Waals surface area contributed by atoms with E-state index in [0.717, 1.165) is 11.3 Å². The van der Waals surface area contributed by atoms with Crippen LogP contribution in [0.3, 0.4) is 0 Å². The molecule has 2 aromatic carbocycles. The molecule has 7 nitrogen and oxygen atoms in total. The highest BCUT2D eigenvalue weighted by atomic mass is 16.5. The van der Waals surface area contributed by atoms with Crippen LogP contribution in [0.15, 0.2) is 67.0 Å². The first-order valence-electron chi connectivity index (χ1n) is 10.2. The molecule has 162 valence electrons. The summed E-state index contributed by atoms with van der Waals surface area (Å²) in [7, 11) is 3.30. The number of carbonyl (C=O) groups is 2. The minimum absolute atomic E-state index is 0.0656. The number of amides is 2. The molecule has 0 saturated carbocycles. The Morgan fingerprint density at radius 1 is 1.10 bits per heavy atom. The van der Waals surface area contributed by atoms with Crippen molar-refractivity contribution >= 4 is 11.8 Å². The van der Waals surface area contributed by atoms with Gasteiger partial charge in [-0.2, -0.15) is 5.10 Å². The van der Waals surface area contributed by atoms with Crippen molar-refractivity contribution in [3.05, 3.63) is 78.1 Å². The van der Waals surface area contributed by atoms with Crippen LogP contribution in [0, 0.1) is 5.92 Å². The van der Waals surface area contributed by atoms with Gasteiger partial charge in [-0.05, 0) is 42.3 Å². The molecule has 1 atom stereocenters. The van der Waals surface area contributed by atoms with Crippen molar-refractivity contribution in [1.82, 2.24) is 20.0 Å². The van der Waals surface area contributed by atoms with Gasteiger partial charge in [-0.25, -0.2) is 4.68 Å². The molecule has 0 aliphatic carbocycles. The maximum Gasteiger partial charge on any atom is 0.251 e. The number of nitrogens with zero attached hydrogens (tertiary/aromatic N) is 3. The van der Waals surface area contributed by atoms with Crippen LogP contribution in [0.4, 0.5) is 0 Å². The molecule has 31 heavy (non-hydrogen) atoms. The zero-order valence-corrected chi connectivity index (χ0v) is 18.3. The van der Waals surface area contributed by atoms with E-state index in [9.17, 15) is 9.59 Å². The van der Waals surface area contributed by atoms with E-state index in [1.165, 1.54) is 0 Å². The first kappa shape index (κ1) is 22.1. The highest BCUT2D eigenvalue weighted by Crippen LogP contribution is 2.14. The average Bonchev–Trinajstić information content (AvgIpc) is 3.25. The summed E-state index contributed by atoms with van der Waals surface area (Å²) < 4.78 is 6.90. The van der Waals surface area contributed by atoms with Crippen molar-refractivity contribution in [2.45, 2.75) is 26.4 Å². The number of methoxy groups -OCH3 is 1.